The number of hydrogen-bond acceptors (Lipinski definition) is 3. The van der Waals surface area contributed by atoms with Crippen LogP contribution in [-0.2, 0) is 6.54 Å². The topological polar surface area (TPSA) is 72.9 Å². The third kappa shape index (κ3) is 2.60. The van der Waals surface area contributed by atoms with Gasteiger partial charge in [-0.2, -0.15) is 5.10 Å². The zero-order valence-corrected chi connectivity index (χ0v) is 11.8. The SMILES string of the molecule is CCn1nc(C)c(N)c1C(=O)Nc1ccc(Cl)cc1F. The molecule has 0 aliphatic carbocycles. The van der Waals surface area contributed by atoms with Crippen LogP contribution in [0.2, 0.25) is 5.02 Å². The largest absolute Gasteiger partial charge is 0.395 e. The molecule has 0 atom stereocenters. The van der Waals surface area contributed by atoms with Gasteiger partial charge < -0.3 is 11.1 Å². The molecule has 0 spiro atoms. The second-order valence-electron chi connectivity index (χ2n) is 4.24. The maximum absolute atomic E-state index is 13.7. The average molecular weight is 297 g/mol. The van der Waals surface area contributed by atoms with Crippen molar-refractivity contribution in [3.63, 3.8) is 0 Å². The Hall–Kier alpha value is -2.08. The van der Waals surface area contributed by atoms with Crippen LogP contribution in [0.4, 0.5) is 15.8 Å². The molecular weight excluding hydrogens is 283 g/mol. The van der Waals surface area contributed by atoms with Gasteiger partial charge in [0.2, 0.25) is 0 Å². The van der Waals surface area contributed by atoms with Gasteiger partial charge in [-0.15, -0.1) is 0 Å². The molecule has 1 aromatic carbocycles. The van der Waals surface area contributed by atoms with E-state index in [0.717, 1.165) is 6.07 Å². The van der Waals surface area contributed by atoms with E-state index >= 15 is 0 Å². The Morgan fingerprint density at radius 2 is 2.25 bits per heavy atom. The minimum Gasteiger partial charge on any atom is -0.395 e. The molecule has 0 saturated carbocycles. The molecule has 2 rings (SSSR count). The first-order chi connectivity index (χ1) is 9.43. The lowest BCUT2D eigenvalue weighted by molar-refractivity contribution is 0.101. The predicted molar refractivity (Wildman–Crippen MR) is 76.4 cm³/mol. The molecule has 0 bridgehead atoms. The van der Waals surface area contributed by atoms with Crippen LogP contribution >= 0.6 is 11.6 Å². The van der Waals surface area contributed by atoms with E-state index in [9.17, 15) is 9.18 Å². The summed E-state index contributed by atoms with van der Waals surface area (Å²) >= 11 is 5.66. The van der Waals surface area contributed by atoms with Gasteiger partial charge in [-0.3, -0.25) is 9.48 Å². The van der Waals surface area contributed by atoms with Gasteiger partial charge in [-0.25, -0.2) is 4.39 Å². The second kappa shape index (κ2) is 5.50. The first kappa shape index (κ1) is 14.3. The van der Waals surface area contributed by atoms with Gasteiger partial charge in [0.25, 0.3) is 5.91 Å². The third-order valence-corrected chi connectivity index (χ3v) is 3.10. The summed E-state index contributed by atoms with van der Waals surface area (Å²) in [5.41, 5.74) is 6.95. The van der Waals surface area contributed by atoms with Crippen molar-refractivity contribution in [2.45, 2.75) is 20.4 Å². The lowest BCUT2D eigenvalue weighted by Crippen LogP contribution is -2.19. The number of nitrogens with two attached hydrogens (primary N) is 1. The van der Waals surface area contributed by atoms with Crippen molar-refractivity contribution in [2.75, 3.05) is 11.1 Å². The number of benzene rings is 1. The molecule has 0 aliphatic heterocycles. The summed E-state index contributed by atoms with van der Waals surface area (Å²) in [5, 5.41) is 6.87. The number of amides is 1. The summed E-state index contributed by atoms with van der Waals surface area (Å²) in [6.07, 6.45) is 0. The molecule has 3 N–H and O–H groups in total. The van der Waals surface area contributed by atoms with Gasteiger partial charge in [0.05, 0.1) is 17.1 Å². The lowest BCUT2D eigenvalue weighted by atomic mass is 10.2. The van der Waals surface area contributed by atoms with E-state index < -0.39 is 11.7 Å². The van der Waals surface area contributed by atoms with Crippen LogP contribution in [0.1, 0.15) is 23.1 Å². The summed E-state index contributed by atoms with van der Waals surface area (Å²) < 4.78 is 15.1. The number of anilines is 2. The summed E-state index contributed by atoms with van der Waals surface area (Å²) in [6.45, 7) is 4.04. The van der Waals surface area contributed by atoms with E-state index in [2.05, 4.69) is 10.4 Å². The zero-order valence-electron chi connectivity index (χ0n) is 11.1. The number of aromatic nitrogens is 2. The zero-order chi connectivity index (χ0) is 14.9. The number of nitrogen functional groups attached to an aromatic ring is 1. The number of carbonyl (C=O) groups excluding carboxylic acids is 1. The highest BCUT2D eigenvalue weighted by atomic mass is 35.5. The van der Waals surface area contributed by atoms with Crippen molar-refractivity contribution >= 4 is 28.9 Å². The van der Waals surface area contributed by atoms with Crippen LogP contribution in [-0.4, -0.2) is 15.7 Å². The molecule has 0 saturated heterocycles. The van der Waals surface area contributed by atoms with Gasteiger partial charge in [0.15, 0.2) is 0 Å². The van der Waals surface area contributed by atoms with Crippen LogP contribution in [0.3, 0.4) is 0 Å². The van der Waals surface area contributed by atoms with Gasteiger partial charge in [-0.05, 0) is 32.0 Å². The van der Waals surface area contributed by atoms with Crippen molar-refractivity contribution in [3.05, 3.63) is 40.4 Å². The molecule has 1 aromatic heterocycles. The van der Waals surface area contributed by atoms with Crippen LogP contribution in [0, 0.1) is 12.7 Å². The normalized spacial score (nSPS) is 10.6. The van der Waals surface area contributed by atoms with E-state index in [1.807, 2.05) is 6.92 Å². The Labute approximate surface area is 120 Å². The molecule has 2 aromatic rings. The maximum Gasteiger partial charge on any atom is 0.276 e. The van der Waals surface area contributed by atoms with Gasteiger partial charge >= 0.3 is 0 Å². The molecule has 20 heavy (non-hydrogen) atoms. The van der Waals surface area contributed by atoms with Gasteiger partial charge in [0.1, 0.15) is 11.5 Å². The maximum atomic E-state index is 13.7. The molecule has 5 nitrogen and oxygen atoms in total. The number of halogens is 2. The summed E-state index contributed by atoms with van der Waals surface area (Å²) in [5.74, 6) is -1.12. The standard InChI is InChI=1S/C13H14ClFN4O/c1-3-19-12(11(16)7(2)18-19)13(20)17-10-5-4-8(14)6-9(10)15/h4-6H,3,16H2,1-2H3,(H,17,20). The molecule has 7 heteroatoms. The Balaban J connectivity index is 2.33. The van der Waals surface area contributed by atoms with Crippen molar-refractivity contribution in [2.24, 2.45) is 0 Å². The van der Waals surface area contributed by atoms with E-state index in [4.69, 9.17) is 17.3 Å². The van der Waals surface area contributed by atoms with E-state index in [1.165, 1.54) is 16.8 Å². The lowest BCUT2D eigenvalue weighted by Gasteiger charge is -2.08. The minimum atomic E-state index is -0.608. The van der Waals surface area contributed by atoms with Crippen LogP contribution < -0.4 is 11.1 Å². The first-order valence-electron chi connectivity index (χ1n) is 6.03. The van der Waals surface area contributed by atoms with Crippen LogP contribution in [0.5, 0.6) is 0 Å². The Morgan fingerprint density at radius 1 is 1.55 bits per heavy atom. The summed E-state index contributed by atoms with van der Waals surface area (Å²) in [4.78, 5) is 12.2. The van der Waals surface area contributed by atoms with E-state index in [0.29, 0.717) is 17.9 Å². The van der Waals surface area contributed by atoms with E-state index in [-0.39, 0.29) is 16.4 Å². The summed E-state index contributed by atoms with van der Waals surface area (Å²) in [7, 11) is 0. The molecule has 1 heterocycles. The van der Waals surface area contributed by atoms with Crippen molar-refractivity contribution in [3.8, 4) is 0 Å². The molecule has 106 valence electrons. The third-order valence-electron chi connectivity index (χ3n) is 2.87. The van der Waals surface area contributed by atoms with E-state index in [1.54, 1.807) is 6.92 Å². The first-order valence-corrected chi connectivity index (χ1v) is 6.41. The molecular formula is C13H14ClFN4O. The van der Waals surface area contributed by atoms with Gasteiger partial charge in [0, 0.05) is 11.6 Å². The quantitative estimate of drug-likeness (QED) is 0.914. The monoisotopic (exact) mass is 296 g/mol. The average Bonchev–Trinajstić information content (AvgIpc) is 2.68. The number of carbonyl (C=O) groups is 1. The Bertz CT molecular complexity index is 669. The number of aryl methyl sites for hydroxylation is 2. The fraction of sp³-hybridized carbons (Fsp3) is 0.231. The molecule has 0 fully saturated rings. The van der Waals surface area contributed by atoms with Crippen molar-refractivity contribution in [1.29, 1.82) is 0 Å². The molecule has 1 amide bonds. The number of rotatable bonds is 3. The van der Waals surface area contributed by atoms with Crippen molar-refractivity contribution < 1.29 is 9.18 Å². The predicted octanol–water partition coefficient (Wildman–Crippen LogP) is 2.84. The molecule has 0 aliphatic rings. The number of nitrogens with one attached hydrogen (secondary N) is 1. The Kier molecular flexibility index (Phi) is 3.94. The molecule has 0 radical (unpaired) electrons. The minimum absolute atomic E-state index is 0.0420. The highest BCUT2D eigenvalue weighted by Crippen LogP contribution is 2.22. The van der Waals surface area contributed by atoms with Gasteiger partial charge in [-0.1, -0.05) is 11.6 Å². The highest BCUT2D eigenvalue weighted by molar-refractivity contribution is 6.30. The summed E-state index contributed by atoms with van der Waals surface area (Å²) in [6, 6.07) is 4.01. The molecule has 0 unspecified atom stereocenters. The van der Waals surface area contributed by atoms with Crippen molar-refractivity contribution in [1.82, 2.24) is 9.78 Å². The fourth-order valence-electron chi connectivity index (χ4n) is 1.84. The van der Waals surface area contributed by atoms with Crippen LogP contribution in [0.15, 0.2) is 18.2 Å². The number of hydrogen-bond donors (Lipinski definition) is 2. The second-order valence-corrected chi connectivity index (χ2v) is 4.68. The number of nitrogens with zero attached hydrogens (tertiary/aromatic N) is 2. The fourth-order valence-corrected chi connectivity index (χ4v) is 1.99. The highest BCUT2D eigenvalue weighted by Gasteiger charge is 2.20. The Morgan fingerprint density at radius 3 is 2.85 bits per heavy atom. The smallest absolute Gasteiger partial charge is 0.276 e. The van der Waals surface area contributed by atoms with Crippen LogP contribution in [0.25, 0.3) is 0 Å².